The third-order valence-corrected chi connectivity index (χ3v) is 7.34. The topological polar surface area (TPSA) is 111 Å². The molecule has 0 saturated heterocycles. The minimum atomic E-state index is -1.59. The first-order chi connectivity index (χ1) is 18.7. The zero-order valence-corrected chi connectivity index (χ0v) is 22.8. The van der Waals surface area contributed by atoms with Gasteiger partial charge in [-0.25, -0.2) is 9.97 Å². The molecular formula is C27H22Cl2N6O4. The number of amides is 2. The van der Waals surface area contributed by atoms with E-state index in [2.05, 4.69) is 15.3 Å². The molecule has 0 aliphatic carbocycles. The van der Waals surface area contributed by atoms with Crippen molar-refractivity contribution in [3.8, 4) is 23.3 Å². The van der Waals surface area contributed by atoms with E-state index in [0.29, 0.717) is 44.1 Å². The Labute approximate surface area is 233 Å². The summed E-state index contributed by atoms with van der Waals surface area (Å²) in [6.45, 7) is 3.89. The fourth-order valence-corrected chi connectivity index (χ4v) is 5.75. The van der Waals surface area contributed by atoms with Crippen LogP contribution in [0.5, 0.6) is 11.9 Å². The first-order valence-corrected chi connectivity index (χ1v) is 12.8. The summed E-state index contributed by atoms with van der Waals surface area (Å²) in [5.41, 5.74) is 0.897. The molecule has 6 rings (SSSR count). The highest BCUT2D eigenvalue weighted by atomic mass is 35.5. The van der Waals surface area contributed by atoms with Gasteiger partial charge in [-0.2, -0.15) is 4.98 Å². The van der Waals surface area contributed by atoms with E-state index in [0.717, 1.165) is 0 Å². The van der Waals surface area contributed by atoms with Crippen molar-refractivity contribution in [2.45, 2.75) is 25.4 Å². The second kappa shape index (κ2) is 8.96. The van der Waals surface area contributed by atoms with Crippen molar-refractivity contribution in [1.82, 2.24) is 19.5 Å². The van der Waals surface area contributed by atoms with E-state index in [1.165, 1.54) is 25.3 Å². The predicted octanol–water partition coefficient (Wildman–Crippen LogP) is 5.10. The molecule has 0 saturated carbocycles. The maximum Gasteiger partial charge on any atom is 0.319 e. The molecule has 2 aromatic heterocycles. The number of aromatic nitrogens is 4. The van der Waals surface area contributed by atoms with Crippen molar-refractivity contribution in [2.75, 3.05) is 24.4 Å². The number of hydrogen-bond donors (Lipinski definition) is 1. The van der Waals surface area contributed by atoms with Crippen LogP contribution in [-0.2, 0) is 10.3 Å². The number of nitrogens with one attached hydrogen (secondary N) is 1. The third kappa shape index (κ3) is 3.44. The number of fused-ring (bicyclic) bond motifs is 4. The molecule has 2 aromatic carbocycles. The molecule has 39 heavy (non-hydrogen) atoms. The molecule has 2 amide bonds. The van der Waals surface area contributed by atoms with Gasteiger partial charge in [-0.3, -0.25) is 14.5 Å². The van der Waals surface area contributed by atoms with E-state index in [4.69, 9.17) is 37.7 Å². The summed E-state index contributed by atoms with van der Waals surface area (Å²) < 4.78 is 12.5. The second-order valence-electron chi connectivity index (χ2n) is 9.35. The Morgan fingerprint density at radius 3 is 2.46 bits per heavy atom. The van der Waals surface area contributed by atoms with Gasteiger partial charge < -0.3 is 19.4 Å². The van der Waals surface area contributed by atoms with Gasteiger partial charge in [0.25, 0.3) is 11.8 Å². The van der Waals surface area contributed by atoms with Gasteiger partial charge in [-0.15, -0.1) is 0 Å². The summed E-state index contributed by atoms with van der Waals surface area (Å²) >= 11 is 12.6. The van der Waals surface area contributed by atoms with Crippen LogP contribution in [0.2, 0.25) is 10.0 Å². The maximum atomic E-state index is 14.3. The van der Waals surface area contributed by atoms with Crippen molar-refractivity contribution in [3.05, 3.63) is 75.7 Å². The van der Waals surface area contributed by atoms with Crippen LogP contribution in [0.4, 0.5) is 11.4 Å². The third-order valence-electron chi connectivity index (χ3n) is 6.87. The van der Waals surface area contributed by atoms with Gasteiger partial charge in [0.2, 0.25) is 5.88 Å². The lowest BCUT2D eigenvalue weighted by molar-refractivity contribution is -0.119. The number of anilines is 2. The van der Waals surface area contributed by atoms with Crippen LogP contribution in [0.3, 0.4) is 0 Å². The van der Waals surface area contributed by atoms with E-state index in [-0.39, 0.29) is 23.6 Å². The molecule has 2 aliphatic rings. The molecule has 0 unspecified atom stereocenters. The van der Waals surface area contributed by atoms with Crippen LogP contribution in [0, 0.1) is 0 Å². The van der Waals surface area contributed by atoms with E-state index in [9.17, 15) is 9.59 Å². The molecule has 0 radical (unpaired) electrons. The number of methoxy groups -OCH3 is 2. The Kier molecular flexibility index (Phi) is 5.78. The molecule has 2 aliphatic heterocycles. The summed E-state index contributed by atoms with van der Waals surface area (Å²) in [5, 5.41) is 3.81. The standard InChI is InChI=1S/C27H22Cl2N6O4/c1-13(2)34-21-20(32-22(34)17-12-30-26(39-4)33-23(17)38-3)24(36)35(16-7-5-6-14(28)10-16)27(21)18-9-8-15(29)11-19(18)31-25(27)37/h5-13H,1-4H3,(H,31,37)/t27-/m1/s1. The van der Waals surface area contributed by atoms with Crippen molar-refractivity contribution in [2.24, 2.45) is 0 Å². The molecular weight excluding hydrogens is 543 g/mol. The van der Waals surface area contributed by atoms with Crippen LogP contribution >= 0.6 is 23.2 Å². The van der Waals surface area contributed by atoms with Gasteiger partial charge >= 0.3 is 6.01 Å². The highest BCUT2D eigenvalue weighted by Gasteiger charge is 2.64. The summed E-state index contributed by atoms with van der Waals surface area (Å²) in [5.74, 6) is -0.288. The van der Waals surface area contributed by atoms with E-state index in [1.54, 1.807) is 42.5 Å². The van der Waals surface area contributed by atoms with Crippen molar-refractivity contribution in [3.63, 3.8) is 0 Å². The predicted molar refractivity (Wildman–Crippen MR) is 146 cm³/mol. The summed E-state index contributed by atoms with van der Waals surface area (Å²) in [6, 6.07) is 11.8. The molecule has 0 fully saturated rings. The molecule has 198 valence electrons. The van der Waals surface area contributed by atoms with Crippen molar-refractivity contribution >= 4 is 46.4 Å². The zero-order valence-electron chi connectivity index (χ0n) is 21.3. The molecule has 12 heteroatoms. The quantitative estimate of drug-likeness (QED) is 0.358. The van der Waals surface area contributed by atoms with Crippen LogP contribution in [0.15, 0.2) is 48.7 Å². The fraction of sp³-hybridized carbons (Fsp3) is 0.222. The van der Waals surface area contributed by atoms with Gasteiger partial charge in [0.05, 0.1) is 25.5 Å². The summed E-state index contributed by atoms with van der Waals surface area (Å²) in [6.07, 6.45) is 1.52. The van der Waals surface area contributed by atoms with Gasteiger partial charge in [0.15, 0.2) is 11.2 Å². The molecule has 0 bridgehead atoms. The summed E-state index contributed by atoms with van der Waals surface area (Å²) in [7, 11) is 2.92. The van der Waals surface area contributed by atoms with Crippen LogP contribution in [0.1, 0.15) is 41.6 Å². The Hall–Kier alpha value is -4.15. The Morgan fingerprint density at radius 2 is 1.77 bits per heavy atom. The van der Waals surface area contributed by atoms with Crippen LogP contribution in [0.25, 0.3) is 11.4 Å². The highest BCUT2D eigenvalue weighted by Crippen LogP contribution is 2.54. The fourth-order valence-electron chi connectivity index (χ4n) is 5.40. The van der Waals surface area contributed by atoms with E-state index >= 15 is 0 Å². The number of benzene rings is 2. The van der Waals surface area contributed by atoms with Crippen molar-refractivity contribution in [1.29, 1.82) is 0 Å². The molecule has 4 heterocycles. The summed E-state index contributed by atoms with van der Waals surface area (Å²) in [4.78, 5) is 43.3. The second-order valence-corrected chi connectivity index (χ2v) is 10.2. The number of imidazole rings is 1. The number of halogens is 2. The SMILES string of the molecule is COc1ncc(-c2nc3c(n2C(C)C)[C@]2(C(=O)Nc4cc(Cl)ccc42)N(c2cccc(Cl)c2)C3=O)c(OC)n1. The maximum absolute atomic E-state index is 14.3. The Balaban J connectivity index is 1.71. The smallest absolute Gasteiger partial charge is 0.319 e. The average Bonchev–Trinajstić information content (AvgIpc) is 3.52. The van der Waals surface area contributed by atoms with E-state index < -0.39 is 17.4 Å². The number of carbonyl (C=O) groups excluding carboxylic acids is 2. The Bertz CT molecular complexity index is 1690. The molecule has 1 N–H and O–H groups in total. The molecule has 10 nitrogen and oxygen atoms in total. The van der Waals surface area contributed by atoms with Crippen LogP contribution < -0.4 is 19.7 Å². The molecule has 4 aromatic rings. The lowest BCUT2D eigenvalue weighted by atomic mass is 9.87. The number of carbonyl (C=O) groups is 2. The number of rotatable bonds is 5. The van der Waals surface area contributed by atoms with Gasteiger partial charge in [0.1, 0.15) is 5.82 Å². The van der Waals surface area contributed by atoms with Crippen molar-refractivity contribution < 1.29 is 19.1 Å². The first kappa shape index (κ1) is 25.1. The minimum absolute atomic E-state index is 0.117. The molecule has 1 atom stereocenters. The average molecular weight is 565 g/mol. The van der Waals surface area contributed by atoms with Crippen LogP contribution in [-0.4, -0.2) is 45.6 Å². The molecule has 1 spiro atoms. The van der Waals surface area contributed by atoms with Gasteiger partial charge in [0, 0.05) is 39.2 Å². The normalized spacial score (nSPS) is 17.6. The van der Waals surface area contributed by atoms with E-state index in [1.807, 2.05) is 18.4 Å². The number of hydrogen-bond acceptors (Lipinski definition) is 7. The monoisotopic (exact) mass is 564 g/mol. The number of ether oxygens (including phenoxy) is 2. The minimum Gasteiger partial charge on any atom is -0.480 e. The van der Waals surface area contributed by atoms with Gasteiger partial charge in [-0.05, 0) is 44.2 Å². The lowest BCUT2D eigenvalue weighted by Gasteiger charge is -2.35. The zero-order chi connectivity index (χ0) is 27.6. The first-order valence-electron chi connectivity index (χ1n) is 12.0. The Morgan fingerprint density at radius 1 is 1.00 bits per heavy atom. The highest BCUT2D eigenvalue weighted by molar-refractivity contribution is 6.32. The lowest BCUT2D eigenvalue weighted by Crippen LogP contribution is -2.51. The largest absolute Gasteiger partial charge is 0.480 e. The van der Waals surface area contributed by atoms with Gasteiger partial charge in [-0.1, -0.05) is 35.3 Å². The number of nitrogens with zero attached hydrogens (tertiary/aromatic N) is 5.